The summed E-state index contributed by atoms with van der Waals surface area (Å²) >= 11 is 0. The van der Waals surface area contributed by atoms with Crippen molar-refractivity contribution in [1.82, 2.24) is 4.90 Å². The van der Waals surface area contributed by atoms with Crippen molar-refractivity contribution in [3.8, 4) is 0 Å². The molecule has 1 aromatic carbocycles. The van der Waals surface area contributed by atoms with Gasteiger partial charge in [-0.05, 0) is 49.6 Å². The van der Waals surface area contributed by atoms with Gasteiger partial charge in [-0.1, -0.05) is 11.6 Å². The van der Waals surface area contributed by atoms with Crippen LogP contribution in [0.5, 0.6) is 0 Å². The lowest BCUT2D eigenvalue weighted by Gasteiger charge is -2.30. The standard InChI is InChI=1S/C14H20FN3O/c1-18(8-10-3-2-4-10)9-11-5-12(14(16)17-19)7-13(15)6-11/h5-7,10,19H,2-4,8-9H2,1H3,(H2,16,17). The first kappa shape index (κ1) is 13.8. The minimum Gasteiger partial charge on any atom is -0.409 e. The van der Waals surface area contributed by atoms with Gasteiger partial charge >= 0.3 is 0 Å². The Kier molecular flexibility index (Phi) is 4.37. The zero-order valence-corrected chi connectivity index (χ0v) is 11.1. The molecule has 0 unspecified atom stereocenters. The highest BCUT2D eigenvalue weighted by Gasteiger charge is 2.19. The molecule has 1 aromatic rings. The van der Waals surface area contributed by atoms with Crippen molar-refractivity contribution in [1.29, 1.82) is 0 Å². The quantitative estimate of drug-likeness (QED) is 0.371. The molecule has 1 saturated carbocycles. The van der Waals surface area contributed by atoms with E-state index in [1.54, 1.807) is 6.07 Å². The van der Waals surface area contributed by atoms with Crippen LogP contribution < -0.4 is 5.73 Å². The van der Waals surface area contributed by atoms with E-state index in [4.69, 9.17) is 10.9 Å². The van der Waals surface area contributed by atoms with Gasteiger partial charge in [-0.15, -0.1) is 0 Å². The van der Waals surface area contributed by atoms with Gasteiger partial charge in [0.2, 0.25) is 0 Å². The highest BCUT2D eigenvalue weighted by atomic mass is 19.1. The van der Waals surface area contributed by atoms with E-state index in [1.807, 2.05) is 7.05 Å². The topological polar surface area (TPSA) is 61.8 Å². The smallest absolute Gasteiger partial charge is 0.170 e. The van der Waals surface area contributed by atoms with E-state index in [0.717, 1.165) is 18.0 Å². The Morgan fingerprint density at radius 3 is 2.79 bits per heavy atom. The summed E-state index contributed by atoms with van der Waals surface area (Å²) in [5.74, 6) is 0.348. The van der Waals surface area contributed by atoms with Gasteiger partial charge in [0.1, 0.15) is 5.82 Å². The molecule has 2 rings (SSSR count). The van der Waals surface area contributed by atoms with Crippen LogP contribution in [0, 0.1) is 11.7 Å². The molecule has 104 valence electrons. The Morgan fingerprint density at radius 1 is 1.47 bits per heavy atom. The number of nitrogens with zero attached hydrogens (tertiary/aromatic N) is 2. The van der Waals surface area contributed by atoms with E-state index in [2.05, 4.69) is 10.1 Å². The lowest BCUT2D eigenvalue weighted by molar-refractivity contribution is 0.200. The number of hydrogen-bond donors (Lipinski definition) is 2. The van der Waals surface area contributed by atoms with Crippen LogP contribution >= 0.6 is 0 Å². The van der Waals surface area contributed by atoms with Crippen LogP contribution in [0.2, 0.25) is 0 Å². The minimum absolute atomic E-state index is 0.0672. The summed E-state index contributed by atoms with van der Waals surface area (Å²) in [6.07, 6.45) is 3.91. The van der Waals surface area contributed by atoms with Crippen LogP contribution in [0.25, 0.3) is 0 Å². The van der Waals surface area contributed by atoms with Gasteiger partial charge in [0.25, 0.3) is 0 Å². The van der Waals surface area contributed by atoms with Gasteiger partial charge in [0, 0.05) is 18.7 Å². The molecular weight excluding hydrogens is 245 g/mol. The van der Waals surface area contributed by atoms with Crippen molar-refractivity contribution in [2.45, 2.75) is 25.8 Å². The monoisotopic (exact) mass is 265 g/mol. The molecule has 1 aliphatic rings. The van der Waals surface area contributed by atoms with Crippen molar-refractivity contribution in [2.75, 3.05) is 13.6 Å². The molecule has 1 fully saturated rings. The summed E-state index contributed by atoms with van der Waals surface area (Å²) < 4.78 is 13.5. The number of halogens is 1. The third-order valence-electron chi connectivity index (χ3n) is 3.61. The Labute approximate surface area is 112 Å². The van der Waals surface area contributed by atoms with Gasteiger partial charge in [-0.25, -0.2) is 4.39 Å². The minimum atomic E-state index is -0.365. The molecule has 0 amide bonds. The lowest BCUT2D eigenvalue weighted by atomic mass is 9.85. The van der Waals surface area contributed by atoms with Crippen molar-refractivity contribution in [2.24, 2.45) is 16.8 Å². The third kappa shape index (κ3) is 3.67. The molecule has 0 bridgehead atoms. The molecule has 0 spiro atoms. The molecule has 0 heterocycles. The van der Waals surface area contributed by atoms with Crippen molar-refractivity contribution in [3.63, 3.8) is 0 Å². The molecule has 1 aliphatic carbocycles. The van der Waals surface area contributed by atoms with Crippen molar-refractivity contribution < 1.29 is 9.60 Å². The van der Waals surface area contributed by atoms with Gasteiger partial charge in [0.05, 0.1) is 0 Å². The predicted molar refractivity (Wildman–Crippen MR) is 72.6 cm³/mol. The molecule has 0 aliphatic heterocycles. The van der Waals surface area contributed by atoms with Crippen LogP contribution in [-0.2, 0) is 6.54 Å². The molecule has 0 atom stereocenters. The van der Waals surface area contributed by atoms with Crippen molar-refractivity contribution >= 4 is 5.84 Å². The maximum absolute atomic E-state index is 13.5. The van der Waals surface area contributed by atoms with E-state index in [0.29, 0.717) is 12.1 Å². The zero-order valence-electron chi connectivity index (χ0n) is 11.1. The summed E-state index contributed by atoms with van der Waals surface area (Å²) in [7, 11) is 2.03. The SMILES string of the molecule is CN(Cc1cc(F)cc(/C(N)=N/O)c1)CC1CCC1. The molecule has 3 N–H and O–H groups in total. The van der Waals surface area contributed by atoms with E-state index >= 15 is 0 Å². The van der Waals surface area contributed by atoms with Crippen LogP contribution in [-0.4, -0.2) is 29.5 Å². The van der Waals surface area contributed by atoms with E-state index in [1.165, 1.54) is 31.4 Å². The van der Waals surface area contributed by atoms with Crippen LogP contribution in [0.4, 0.5) is 4.39 Å². The fourth-order valence-electron chi connectivity index (χ4n) is 2.44. The Morgan fingerprint density at radius 2 is 2.21 bits per heavy atom. The second-order valence-electron chi connectivity index (χ2n) is 5.33. The second kappa shape index (κ2) is 6.02. The average molecular weight is 265 g/mol. The first-order chi connectivity index (χ1) is 9.08. The Balaban J connectivity index is 2.04. The summed E-state index contributed by atoms with van der Waals surface area (Å²) in [5, 5.41) is 11.5. The number of hydrogen-bond acceptors (Lipinski definition) is 3. The zero-order chi connectivity index (χ0) is 13.8. The second-order valence-corrected chi connectivity index (χ2v) is 5.33. The lowest BCUT2D eigenvalue weighted by Crippen LogP contribution is -2.29. The molecule has 5 heteroatoms. The van der Waals surface area contributed by atoms with Gasteiger partial charge in [-0.3, -0.25) is 0 Å². The summed E-state index contributed by atoms with van der Waals surface area (Å²) in [6.45, 7) is 1.70. The largest absolute Gasteiger partial charge is 0.409 e. The molecule has 0 saturated heterocycles. The molecular formula is C14H20FN3O. The molecule has 19 heavy (non-hydrogen) atoms. The Bertz CT molecular complexity index is 472. The Hall–Kier alpha value is -1.62. The highest BCUT2D eigenvalue weighted by Crippen LogP contribution is 2.27. The number of rotatable bonds is 5. The number of nitrogens with two attached hydrogens (primary N) is 1. The van der Waals surface area contributed by atoms with Gasteiger partial charge < -0.3 is 15.8 Å². The van der Waals surface area contributed by atoms with Crippen LogP contribution in [0.15, 0.2) is 23.4 Å². The number of amidine groups is 1. The number of oxime groups is 1. The summed E-state index contributed by atoms with van der Waals surface area (Å²) in [5.41, 5.74) is 6.74. The molecule has 0 radical (unpaired) electrons. The highest BCUT2D eigenvalue weighted by molar-refractivity contribution is 5.97. The fraction of sp³-hybridized carbons (Fsp3) is 0.500. The van der Waals surface area contributed by atoms with Crippen LogP contribution in [0.3, 0.4) is 0 Å². The molecule has 4 nitrogen and oxygen atoms in total. The van der Waals surface area contributed by atoms with E-state index < -0.39 is 0 Å². The first-order valence-corrected chi connectivity index (χ1v) is 6.54. The maximum Gasteiger partial charge on any atom is 0.170 e. The number of benzene rings is 1. The van der Waals surface area contributed by atoms with E-state index in [-0.39, 0.29) is 11.7 Å². The van der Waals surface area contributed by atoms with Gasteiger partial charge in [0.15, 0.2) is 5.84 Å². The fourth-order valence-corrected chi connectivity index (χ4v) is 2.44. The van der Waals surface area contributed by atoms with Crippen molar-refractivity contribution in [3.05, 3.63) is 35.1 Å². The first-order valence-electron chi connectivity index (χ1n) is 6.54. The predicted octanol–water partition coefficient (Wildman–Crippen LogP) is 2.15. The van der Waals surface area contributed by atoms with Crippen LogP contribution in [0.1, 0.15) is 30.4 Å². The van der Waals surface area contributed by atoms with E-state index in [9.17, 15) is 4.39 Å². The maximum atomic E-state index is 13.5. The molecule has 0 aromatic heterocycles. The summed E-state index contributed by atoms with van der Waals surface area (Å²) in [6, 6.07) is 4.52. The van der Waals surface area contributed by atoms with Gasteiger partial charge in [-0.2, -0.15) is 0 Å². The average Bonchev–Trinajstić information content (AvgIpc) is 2.32. The third-order valence-corrected chi connectivity index (χ3v) is 3.61. The summed E-state index contributed by atoms with van der Waals surface area (Å²) in [4.78, 5) is 2.19. The normalized spacial score (nSPS) is 16.7.